The van der Waals surface area contributed by atoms with Crippen LogP contribution in [0.15, 0.2) is 23.7 Å². The van der Waals surface area contributed by atoms with E-state index in [0.717, 1.165) is 10.4 Å². The molecule has 2 heterocycles. The number of ether oxygens (including phenoxy) is 2. The fraction of sp³-hybridized carbons (Fsp3) is 0.500. The summed E-state index contributed by atoms with van der Waals surface area (Å²) in [7, 11) is 0. The molecule has 0 atom stereocenters. The average Bonchev–Trinajstić information content (AvgIpc) is 2.78. The Morgan fingerprint density at radius 2 is 1.67 bits per heavy atom. The van der Waals surface area contributed by atoms with Gasteiger partial charge in [0.25, 0.3) is 0 Å². The number of hydrogen-bond donors (Lipinski definition) is 0. The second-order valence-electron chi connectivity index (χ2n) is 6.78. The molecule has 0 aliphatic carbocycles. The lowest BCUT2D eigenvalue weighted by Crippen LogP contribution is -2.26. The second-order valence-corrected chi connectivity index (χ2v) is 7.73. The van der Waals surface area contributed by atoms with Crippen LogP contribution in [-0.2, 0) is 0 Å². The van der Waals surface area contributed by atoms with E-state index in [1.165, 1.54) is 0 Å². The van der Waals surface area contributed by atoms with E-state index in [2.05, 4.69) is 9.97 Å². The van der Waals surface area contributed by atoms with Gasteiger partial charge in [-0.1, -0.05) is 6.07 Å². The Labute approximate surface area is 130 Å². The highest BCUT2D eigenvalue weighted by molar-refractivity contribution is 7.13. The first-order valence-corrected chi connectivity index (χ1v) is 7.81. The normalized spacial score (nSPS) is 12.3. The molecule has 0 aliphatic heterocycles. The highest BCUT2D eigenvalue weighted by Gasteiger charge is 2.21. The summed E-state index contributed by atoms with van der Waals surface area (Å²) in [6.07, 6.45) is 1.76. The molecule has 0 saturated carbocycles. The van der Waals surface area contributed by atoms with E-state index in [-0.39, 0.29) is 11.2 Å². The number of hydrogen-bond acceptors (Lipinski definition) is 5. The molecule has 0 spiro atoms. The first-order chi connectivity index (χ1) is 9.64. The van der Waals surface area contributed by atoms with Gasteiger partial charge in [0.2, 0.25) is 5.88 Å². The third kappa shape index (κ3) is 4.70. The second kappa shape index (κ2) is 5.64. The minimum atomic E-state index is -0.344. The molecule has 21 heavy (non-hydrogen) atoms. The lowest BCUT2D eigenvalue weighted by molar-refractivity contribution is 0.103. The Balaban J connectivity index is 2.41. The average molecular weight is 306 g/mol. The molecule has 0 aromatic carbocycles. The van der Waals surface area contributed by atoms with Gasteiger partial charge in [-0.15, -0.1) is 11.3 Å². The van der Waals surface area contributed by atoms with Gasteiger partial charge in [0.15, 0.2) is 0 Å². The van der Waals surface area contributed by atoms with E-state index in [1.54, 1.807) is 17.5 Å². The summed E-state index contributed by atoms with van der Waals surface area (Å²) in [5.41, 5.74) is 0.212. The molecule has 0 aliphatic rings. The van der Waals surface area contributed by atoms with E-state index < -0.39 is 0 Å². The van der Waals surface area contributed by atoms with Crippen molar-refractivity contribution in [2.45, 2.75) is 52.7 Å². The van der Waals surface area contributed by atoms with Gasteiger partial charge in [0.1, 0.15) is 11.2 Å². The summed E-state index contributed by atoms with van der Waals surface area (Å²) in [5.74, 6) is 0.555. The van der Waals surface area contributed by atoms with Crippen molar-refractivity contribution < 1.29 is 9.47 Å². The number of thiophene rings is 1. The van der Waals surface area contributed by atoms with E-state index in [0.29, 0.717) is 11.9 Å². The molecule has 2 rings (SSSR count). The summed E-state index contributed by atoms with van der Waals surface area (Å²) >= 11 is 1.63. The van der Waals surface area contributed by atoms with Crippen LogP contribution in [0.3, 0.4) is 0 Å². The van der Waals surface area contributed by atoms with Gasteiger partial charge in [-0.2, -0.15) is 4.98 Å². The van der Waals surface area contributed by atoms with E-state index in [1.807, 2.05) is 59.1 Å². The monoisotopic (exact) mass is 306 g/mol. The van der Waals surface area contributed by atoms with Crippen molar-refractivity contribution >= 4 is 11.3 Å². The van der Waals surface area contributed by atoms with Crippen LogP contribution in [0.4, 0.5) is 0 Å². The van der Waals surface area contributed by atoms with E-state index in [4.69, 9.17) is 9.47 Å². The molecule has 2 aromatic rings. The molecule has 0 unspecified atom stereocenters. The summed E-state index contributed by atoms with van der Waals surface area (Å²) in [4.78, 5) is 9.83. The van der Waals surface area contributed by atoms with Gasteiger partial charge in [-0.05, 0) is 53.0 Å². The zero-order chi connectivity index (χ0) is 15.7. The number of aromatic nitrogens is 2. The van der Waals surface area contributed by atoms with Crippen molar-refractivity contribution in [3.63, 3.8) is 0 Å². The minimum absolute atomic E-state index is 0.334. The topological polar surface area (TPSA) is 44.2 Å². The fourth-order valence-electron chi connectivity index (χ4n) is 1.64. The maximum atomic E-state index is 5.99. The van der Waals surface area contributed by atoms with Crippen molar-refractivity contribution in [2.24, 2.45) is 0 Å². The molecule has 0 radical (unpaired) electrons. The maximum Gasteiger partial charge on any atom is 0.320 e. The summed E-state index contributed by atoms with van der Waals surface area (Å²) in [6.45, 7) is 11.9. The van der Waals surface area contributed by atoms with Gasteiger partial charge in [0.05, 0.1) is 5.56 Å². The van der Waals surface area contributed by atoms with E-state index >= 15 is 0 Å². The molecule has 0 amide bonds. The molecular weight excluding hydrogens is 284 g/mol. The maximum absolute atomic E-state index is 5.99. The van der Waals surface area contributed by atoms with Crippen LogP contribution in [0.25, 0.3) is 10.4 Å². The predicted molar refractivity (Wildman–Crippen MR) is 86.1 cm³/mol. The number of rotatable bonds is 3. The SMILES string of the molecule is CC(C)(C)Oc1ncc(-c2cccs2)c(OC(C)(C)C)n1. The van der Waals surface area contributed by atoms with Crippen molar-refractivity contribution in [3.05, 3.63) is 23.7 Å². The largest absolute Gasteiger partial charge is 0.471 e. The summed E-state index contributed by atoms with van der Waals surface area (Å²) < 4.78 is 11.7. The minimum Gasteiger partial charge on any atom is -0.471 e. The Bertz CT molecular complexity index is 596. The Hall–Kier alpha value is -1.62. The van der Waals surface area contributed by atoms with Gasteiger partial charge < -0.3 is 9.47 Å². The summed E-state index contributed by atoms with van der Waals surface area (Å²) in [6, 6.07) is 4.37. The van der Waals surface area contributed by atoms with Crippen molar-refractivity contribution in [2.75, 3.05) is 0 Å². The standard InChI is InChI=1S/C16H22N2O2S/c1-15(2,3)19-13-11(12-8-7-9-21-12)10-17-14(18-13)20-16(4,5)6/h7-10H,1-6H3. The molecule has 4 nitrogen and oxygen atoms in total. The molecule has 0 fully saturated rings. The highest BCUT2D eigenvalue weighted by Crippen LogP contribution is 2.34. The third-order valence-corrected chi connectivity index (χ3v) is 3.22. The lowest BCUT2D eigenvalue weighted by atomic mass is 10.2. The van der Waals surface area contributed by atoms with Crippen LogP contribution in [0.1, 0.15) is 41.5 Å². The van der Waals surface area contributed by atoms with Crippen molar-refractivity contribution in [1.29, 1.82) is 0 Å². The van der Waals surface area contributed by atoms with Crippen molar-refractivity contribution in [3.8, 4) is 22.3 Å². The van der Waals surface area contributed by atoms with Gasteiger partial charge in [0, 0.05) is 11.1 Å². The number of nitrogens with zero attached hydrogens (tertiary/aromatic N) is 2. The Morgan fingerprint density at radius 1 is 1.00 bits per heavy atom. The predicted octanol–water partition coefficient (Wildman–Crippen LogP) is 4.56. The molecule has 0 bridgehead atoms. The first kappa shape index (κ1) is 15.8. The summed E-state index contributed by atoms with van der Waals surface area (Å²) in [5, 5.41) is 2.02. The smallest absolute Gasteiger partial charge is 0.320 e. The highest BCUT2D eigenvalue weighted by atomic mass is 32.1. The molecule has 114 valence electrons. The van der Waals surface area contributed by atoms with Crippen LogP contribution in [0.2, 0.25) is 0 Å². The molecule has 0 saturated heterocycles. The third-order valence-electron chi connectivity index (χ3n) is 2.32. The molecule has 2 aromatic heterocycles. The molecule has 0 N–H and O–H groups in total. The Morgan fingerprint density at radius 3 is 2.19 bits per heavy atom. The molecular formula is C16H22N2O2S. The van der Waals surface area contributed by atoms with Crippen LogP contribution in [0, 0.1) is 0 Å². The van der Waals surface area contributed by atoms with Gasteiger partial charge in [-0.3, -0.25) is 0 Å². The quantitative estimate of drug-likeness (QED) is 0.834. The van der Waals surface area contributed by atoms with Crippen LogP contribution in [0.5, 0.6) is 11.9 Å². The van der Waals surface area contributed by atoms with Crippen LogP contribution in [-0.4, -0.2) is 21.2 Å². The van der Waals surface area contributed by atoms with Crippen LogP contribution < -0.4 is 9.47 Å². The van der Waals surface area contributed by atoms with Crippen molar-refractivity contribution in [1.82, 2.24) is 9.97 Å². The lowest BCUT2D eigenvalue weighted by Gasteiger charge is -2.23. The zero-order valence-electron chi connectivity index (χ0n) is 13.4. The molecule has 5 heteroatoms. The first-order valence-electron chi connectivity index (χ1n) is 6.93. The Kier molecular flexibility index (Phi) is 4.23. The van der Waals surface area contributed by atoms with E-state index in [9.17, 15) is 0 Å². The van der Waals surface area contributed by atoms with Gasteiger partial charge >= 0.3 is 6.01 Å². The van der Waals surface area contributed by atoms with Crippen LogP contribution >= 0.6 is 11.3 Å². The zero-order valence-corrected chi connectivity index (χ0v) is 14.2. The fourth-order valence-corrected chi connectivity index (χ4v) is 2.37. The van der Waals surface area contributed by atoms with Gasteiger partial charge in [-0.25, -0.2) is 4.98 Å².